The number of fused-ring (bicyclic) bond motifs is 3. The van der Waals surface area contributed by atoms with Gasteiger partial charge < -0.3 is 11.1 Å². The van der Waals surface area contributed by atoms with Crippen molar-refractivity contribution < 1.29 is 0 Å². The highest BCUT2D eigenvalue weighted by Crippen LogP contribution is 2.45. The van der Waals surface area contributed by atoms with Gasteiger partial charge in [-0.25, -0.2) is 0 Å². The summed E-state index contributed by atoms with van der Waals surface area (Å²) in [6.07, 6.45) is 2.23. The molecule has 1 aliphatic heterocycles. The van der Waals surface area contributed by atoms with Gasteiger partial charge in [0.05, 0.1) is 0 Å². The lowest BCUT2D eigenvalue weighted by molar-refractivity contribution is 0.678. The number of hydrogen-bond donors (Lipinski definition) is 2. The van der Waals surface area contributed by atoms with E-state index in [1.807, 2.05) is 0 Å². The fourth-order valence-corrected chi connectivity index (χ4v) is 3.13. The van der Waals surface area contributed by atoms with E-state index in [0.717, 1.165) is 12.8 Å². The molecule has 1 aromatic carbocycles. The molecule has 1 aromatic rings. The number of halogens is 1. The third kappa shape index (κ3) is 1.19. The molecule has 2 nitrogen and oxygen atoms in total. The Morgan fingerprint density at radius 3 is 3.07 bits per heavy atom. The van der Waals surface area contributed by atoms with Crippen LogP contribution in [0.1, 0.15) is 24.3 Å². The van der Waals surface area contributed by atoms with Crippen molar-refractivity contribution in [2.24, 2.45) is 5.73 Å². The normalized spacial score (nSPS) is 33.7. The minimum Gasteiger partial charge on any atom is -0.381 e. The molecule has 3 atom stereocenters. The lowest BCUT2D eigenvalue weighted by Gasteiger charge is -2.07. The Labute approximate surface area is 92.0 Å². The van der Waals surface area contributed by atoms with Gasteiger partial charge in [-0.3, -0.25) is 0 Å². The zero-order valence-corrected chi connectivity index (χ0v) is 9.42. The molecule has 74 valence electrons. The van der Waals surface area contributed by atoms with E-state index in [-0.39, 0.29) is 0 Å². The topological polar surface area (TPSA) is 38.0 Å². The fourth-order valence-electron chi connectivity index (χ4n) is 2.75. The maximum Gasteiger partial charge on any atom is 0.0379 e. The maximum absolute atomic E-state index is 5.97. The van der Waals surface area contributed by atoms with Crippen LogP contribution in [-0.2, 0) is 0 Å². The Morgan fingerprint density at radius 1 is 1.36 bits per heavy atom. The molecule has 1 fully saturated rings. The van der Waals surface area contributed by atoms with E-state index >= 15 is 0 Å². The van der Waals surface area contributed by atoms with E-state index in [0.29, 0.717) is 18.0 Å². The van der Waals surface area contributed by atoms with Crippen molar-refractivity contribution >= 4 is 21.6 Å². The van der Waals surface area contributed by atoms with Crippen molar-refractivity contribution in [1.29, 1.82) is 0 Å². The van der Waals surface area contributed by atoms with Crippen LogP contribution in [-0.4, -0.2) is 12.1 Å². The number of hydrogen-bond acceptors (Lipinski definition) is 2. The molecule has 2 aliphatic rings. The van der Waals surface area contributed by atoms with Crippen LogP contribution in [0.4, 0.5) is 5.69 Å². The van der Waals surface area contributed by atoms with Crippen molar-refractivity contribution in [3.63, 3.8) is 0 Å². The van der Waals surface area contributed by atoms with Gasteiger partial charge in [-0.15, -0.1) is 0 Å². The van der Waals surface area contributed by atoms with Crippen LogP contribution in [0.15, 0.2) is 22.7 Å². The van der Waals surface area contributed by atoms with Crippen molar-refractivity contribution in [3.05, 3.63) is 28.2 Å². The molecule has 1 aliphatic carbocycles. The van der Waals surface area contributed by atoms with E-state index in [4.69, 9.17) is 5.73 Å². The van der Waals surface area contributed by atoms with E-state index in [9.17, 15) is 0 Å². The SMILES string of the molecule is NC1CC2Nc3ccc(Br)cc3C2C1. The minimum absolute atomic E-state index is 0.379. The second-order valence-electron chi connectivity index (χ2n) is 4.32. The summed E-state index contributed by atoms with van der Waals surface area (Å²) in [5.41, 5.74) is 8.71. The summed E-state index contributed by atoms with van der Waals surface area (Å²) in [7, 11) is 0. The standard InChI is InChI=1S/C11H13BrN2/c12-6-1-2-10-8(3-6)9-4-7(13)5-11(9)14-10/h1-3,7,9,11,14H,4-5,13H2. The molecule has 0 radical (unpaired) electrons. The van der Waals surface area contributed by atoms with Gasteiger partial charge in [0, 0.05) is 28.2 Å². The Balaban J connectivity index is 2.03. The van der Waals surface area contributed by atoms with Gasteiger partial charge in [-0.1, -0.05) is 15.9 Å². The lowest BCUT2D eigenvalue weighted by Crippen LogP contribution is -2.19. The molecule has 3 N–H and O–H groups in total. The van der Waals surface area contributed by atoms with Gasteiger partial charge in [0.25, 0.3) is 0 Å². The van der Waals surface area contributed by atoms with Gasteiger partial charge in [-0.2, -0.15) is 0 Å². The summed E-state index contributed by atoms with van der Waals surface area (Å²) in [5, 5.41) is 3.55. The molecule has 1 saturated carbocycles. The molecule has 3 rings (SSSR count). The predicted molar refractivity (Wildman–Crippen MR) is 61.5 cm³/mol. The van der Waals surface area contributed by atoms with Crippen LogP contribution in [0.5, 0.6) is 0 Å². The largest absolute Gasteiger partial charge is 0.381 e. The van der Waals surface area contributed by atoms with E-state index in [2.05, 4.69) is 39.4 Å². The summed E-state index contributed by atoms with van der Waals surface area (Å²) < 4.78 is 1.17. The van der Waals surface area contributed by atoms with Gasteiger partial charge in [0.2, 0.25) is 0 Å². The minimum atomic E-state index is 0.379. The van der Waals surface area contributed by atoms with Gasteiger partial charge in [0.1, 0.15) is 0 Å². The smallest absolute Gasteiger partial charge is 0.0379 e. The molecule has 0 aromatic heterocycles. The van der Waals surface area contributed by atoms with Crippen LogP contribution in [0, 0.1) is 0 Å². The van der Waals surface area contributed by atoms with Gasteiger partial charge in [0.15, 0.2) is 0 Å². The average molecular weight is 253 g/mol. The summed E-state index contributed by atoms with van der Waals surface area (Å²) in [6, 6.07) is 7.43. The van der Waals surface area contributed by atoms with Gasteiger partial charge in [-0.05, 0) is 36.6 Å². The third-order valence-electron chi connectivity index (χ3n) is 3.35. The van der Waals surface area contributed by atoms with Crippen molar-refractivity contribution in [1.82, 2.24) is 0 Å². The highest BCUT2D eigenvalue weighted by molar-refractivity contribution is 9.10. The highest BCUT2D eigenvalue weighted by atomic mass is 79.9. The van der Waals surface area contributed by atoms with Crippen LogP contribution < -0.4 is 11.1 Å². The summed E-state index contributed by atoms with van der Waals surface area (Å²) in [5.74, 6) is 0.637. The Morgan fingerprint density at radius 2 is 2.21 bits per heavy atom. The van der Waals surface area contributed by atoms with Crippen LogP contribution in [0.25, 0.3) is 0 Å². The molecule has 0 amide bonds. The van der Waals surface area contributed by atoms with Crippen molar-refractivity contribution in [3.8, 4) is 0 Å². The van der Waals surface area contributed by atoms with Crippen LogP contribution in [0.2, 0.25) is 0 Å². The lowest BCUT2D eigenvalue weighted by atomic mass is 9.97. The Hall–Kier alpha value is -0.540. The summed E-state index contributed by atoms with van der Waals surface area (Å²) in [6.45, 7) is 0. The molecule has 1 heterocycles. The first-order chi connectivity index (χ1) is 6.74. The molecule has 3 unspecified atom stereocenters. The van der Waals surface area contributed by atoms with E-state index < -0.39 is 0 Å². The maximum atomic E-state index is 5.97. The summed E-state index contributed by atoms with van der Waals surface area (Å²) in [4.78, 5) is 0. The third-order valence-corrected chi connectivity index (χ3v) is 3.85. The zero-order chi connectivity index (χ0) is 9.71. The van der Waals surface area contributed by atoms with Crippen molar-refractivity contribution in [2.75, 3.05) is 5.32 Å². The molecule has 0 spiro atoms. The summed E-state index contributed by atoms with van der Waals surface area (Å²) >= 11 is 3.52. The van der Waals surface area contributed by atoms with E-state index in [1.165, 1.54) is 15.7 Å². The quantitative estimate of drug-likeness (QED) is 0.745. The zero-order valence-electron chi connectivity index (χ0n) is 7.83. The fraction of sp³-hybridized carbons (Fsp3) is 0.455. The Bertz CT molecular complexity index is 378. The average Bonchev–Trinajstić information content (AvgIpc) is 2.62. The first-order valence-corrected chi connectivity index (χ1v) is 5.85. The Kier molecular flexibility index (Phi) is 1.86. The number of nitrogens with two attached hydrogens (primary N) is 1. The van der Waals surface area contributed by atoms with Gasteiger partial charge >= 0.3 is 0 Å². The monoisotopic (exact) mass is 252 g/mol. The molecule has 3 heteroatoms. The first kappa shape index (κ1) is 8.74. The first-order valence-electron chi connectivity index (χ1n) is 5.05. The molecular weight excluding hydrogens is 240 g/mol. The molecule has 0 saturated heterocycles. The van der Waals surface area contributed by atoms with E-state index in [1.54, 1.807) is 0 Å². The second kappa shape index (κ2) is 2.97. The number of nitrogens with one attached hydrogen (secondary N) is 1. The molecular formula is C11H13BrN2. The highest BCUT2D eigenvalue weighted by Gasteiger charge is 2.39. The van der Waals surface area contributed by atoms with Crippen LogP contribution in [0.3, 0.4) is 0 Å². The predicted octanol–water partition coefficient (Wildman–Crippen LogP) is 2.45. The van der Waals surface area contributed by atoms with Crippen molar-refractivity contribution in [2.45, 2.75) is 30.8 Å². The molecule has 14 heavy (non-hydrogen) atoms. The molecule has 0 bridgehead atoms. The van der Waals surface area contributed by atoms with Crippen LogP contribution >= 0.6 is 15.9 Å². The number of benzene rings is 1. The number of rotatable bonds is 0. The number of anilines is 1. The second-order valence-corrected chi connectivity index (χ2v) is 5.24.